The topological polar surface area (TPSA) is 139 Å². The Morgan fingerprint density at radius 3 is 2.24 bits per heavy atom. The number of para-hydroxylation sites is 2. The Kier molecular flexibility index (Phi) is 7.91. The lowest BCUT2D eigenvalue weighted by atomic mass is 9.51. The average molecular weight is 762 g/mol. The van der Waals surface area contributed by atoms with Crippen LogP contribution < -0.4 is 19.3 Å². The van der Waals surface area contributed by atoms with E-state index < -0.39 is 58.5 Å². The normalized spacial score (nSPS) is 25.9. The van der Waals surface area contributed by atoms with Gasteiger partial charge in [-0.05, 0) is 98.0 Å². The second-order valence-corrected chi connectivity index (χ2v) is 15.0. The third-order valence-corrected chi connectivity index (χ3v) is 12.2. The van der Waals surface area contributed by atoms with E-state index in [2.05, 4.69) is 4.98 Å². The molecular weight excluding hydrogens is 729 g/mol. The van der Waals surface area contributed by atoms with Gasteiger partial charge >= 0.3 is 0 Å². The van der Waals surface area contributed by atoms with E-state index >= 15 is 0 Å². The van der Waals surface area contributed by atoms with Gasteiger partial charge in [0.25, 0.3) is 0 Å². The molecule has 278 valence electrons. The second kappa shape index (κ2) is 12.5. The van der Waals surface area contributed by atoms with Crippen molar-refractivity contribution < 1.29 is 42.6 Å². The molecule has 3 fully saturated rings. The van der Waals surface area contributed by atoms with Gasteiger partial charge < -0.3 is 19.0 Å². The SMILES string of the molecule is COc1cc([C@H]2C3=CC[C@@H]4C(=O)N(c5ccc(-c6nc7ccccc7o6)cc5)C(=O)[C@@H]4[C@@H]3C[C@H]3C(=O)N(c4ccc(F)c(Cl)c4)C(=O)[C@@]23C)cc(OC)c1O. The maximum Gasteiger partial charge on any atom is 0.241 e. The number of hydrogen-bond donors (Lipinski definition) is 1. The summed E-state index contributed by atoms with van der Waals surface area (Å²) in [6, 6.07) is 21.1. The number of carbonyl (C=O) groups is 4. The lowest BCUT2D eigenvalue weighted by Gasteiger charge is -2.49. The number of aromatic nitrogens is 1. The van der Waals surface area contributed by atoms with Crippen molar-refractivity contribution in [2.75, 3.05) is 24.0 Å². The molecule has 1 saturated carbocycles. The zero-order valence-corrected chi connectivity index (χ0v) is 30.5. The summed E-state index contributed by atoms with van der Waals surface area (Å²) < 4.78 is 31.2. The summed E-state index contributed by atoms with van der Waals surface area (Å²) in [5.74, 6) is -6.08. The first-order valence-corrected chi connectivity index (χ1v) is 18.2. The highest BCUT2D eigenvalue weighted by Gasteiger charge is 2.67. The molecule has 2 aliphatic carbocycles. The highest BCUT2D eigenvalue weighted by atomic mass is 35.5. The highest BCUT2D eigenvalue weighted by Crippen LogP contribution is 2.64. The van der Waals surface area contributed by atoms with Crippen LogP contribution in [0.4, 0.5) is 15.8 Å². The molecule has 1 N–H and O–H groups in total. The maximum atomic E-state index is 14.8. The molecule has 9 rings (SSSR count). The molecule has 0 radical (unpaired) electrons. The summed E-state index contributed by atoms with van der Waals surface area (Å²) in [6.07, 6.45) is 2.25. The van der Waals surface area contributed by atoms with Crippen LogP contribution in [0.5, 0.6) is 17.2 Å². The van der Waals surface area contributed by atoms with Crippen LogP contribution in [-0.4, -0.2) is 47.9 Å². The Hall–Kier alpha value is -6.01. The van der Waals surface area contributed by atoms with Crippen molar-refractivity contribution in [2.24, 2.45) is 29.1 Å². The summed E-state index contributed by atoms with van der Waals surface area (Å²) >= 11 is 6.13. The number of rotatable bonds is 6. The zero-order chi connectivity index (χ0) is 38.5. The first kappa shape index (κ1) is 34.7. The smallest absolute Gasteiger partial charge is 0.241 e. The monoisotopic (exact) mass is 761 g/mol. The van der Waals surface area contributed by atoms with Crippen LogP contribution in [0.2, 0.25) is 5.02 Å². The largest absolute Gasteiger partial charge is 0.502 e. The van der Waals surface area contributed by atoms with Crippen LogP contribution in [0.1, 0.15) is 31.2 Å². The standard InChI is InChI=1S/C42H33ClFN3O8/c1-42-27(39(50)47(41(42)52)23-12-15-29(44)28(43)18-23)19-26-24(35(42)21-16-32(53-2)36(48)33(17-21)54-3)13-14-25-34(26)40(51)46(38(25)49)22-10-8-20(9-11-22)37-45-30-6-4-5-7-31(30)55-37/h4-13,15-18,25-27,34-35,48H,14,19H2,1-3H3/t25-,26+,27-,34-,35-,42+/m0/s1. The molecule has 1 aromatic heterocycles. The number of halogens is 2. The number of phenols is 1. The highest BCUT2D eigenvalue weighted by molar-refractivity contribution is 6.32. The Balaban J connectivity index is 1.12. The number of benzene rings is 4. The number of carbonyl (C=O) groups excluding carboxylic acids is 4. The number of imide groups is 2. The van der Waals surface area contributed by atoms with E-state index in [4.69, 9.17) is 25.5 Å². The lowest BCUT2D eigenvalue weighted by molar-refractivity contribution is -0.131. The second-order valence-electron chi connectivity index (χ2n) is 14.6. The van der Waals surface area contributed by atoms with Gasteiger partial charge in [-0.15, -0.1) is 0 Å². The van der Waals surface area contributed by atoms with Gasteiger partial charge in [-0.3, -0.25) is 24.1 Å². The first-order valence-electron chi connectivity index (χ1n) is 17.8. The number of nitrogens with zero attached hydrogens (tertiary/aromatic N) is 3. The van der Waals surface area contributed by atoms with Gasteiger partial charge in [0, 0.05) is 11.5 Å². The minimum atomic E-state index is -1.41. The number of amides is 4. The van der Waals surface area contributed by atoms with Gasteiger partial charge in [0.05, 0.1) is 53.8 Å². The summed E-state index contributed by atoms with van der Waals surface area (Å²) in [7, 11) is 2.77. The molecule has 6 atom stereocenters. The van der Waals surface area contributed by atoms with Crippen molar-refractivity contribution >= 4 is 57.7 Å². The molecule has 11 nitrogen and oxygen atoms in total. The molecule has 0 bridgehead atoms. The van der Waals surface area contributed by atoms with Crippen LogP contribution in [0, 0.1) is 34.9 Å². The predicted octanol–water partition coefficient (Wildman–Crippen LogP) is 7.45. The van der Waals surface area contributed by atoms with Gasteiger partial charge in [0.2, 0.25) is 35.3 Å². The molecule has 5 aromatic rings. The summed E-state index contributed by atoms with van der Waals surface area (Å²) in [4.78, 5) is 64.8. The maximum absolute atomic E-state index is 14.8. The summed E-state index contributed by atoms with van der Waals surface area (Å²) in [6.45, 7) is 1.72. The van der Waals surface area contributed by atoms with Crippen LogP contribution in [0.3, 0.4) is 0 Å². The fourth-order valence-corrected chi connectivity index (χ4v) is 9.52. The number of hydrogen-bond acceptors (Lipinski definition) is 9. The molecule has 0 spiro atoms. The number of phenolic OH excluding ortho intramolecular Hbond substituents is 1. The van der Waals surface area contributed by atoms with Gasteiger partial charge in [0.15, 0.2) is 17.1 Å². The molecule has 0 unspecified atom stereocenters. The van der Waals surface area contributed by atoms with Gasteiger partial charge in [-0.2, -0.15) is 0 Å². The number of fused-ring (bicyclic) bond motifs is 5. The number of oxazole rings is 1. The van der Waals surface area contributed by atoms with Crippen molar-refractivity contribution in [1.82, 2.24) is 4.98 Å². The summed E-state index contributed by atoms with van der Waals surface area (Å²) in [5.41, 5.74) is 2.35. The van der Waals surface area contributed by atoms with E-state index in [0.717, 1.165) is 16.5 Å². The molecule has 4 aliphatic rings. The van der Waals surface area contributed by atoms with E-state index in [1.54, 1.807) is 43.3 Å². The number of aromatic hydroxyl groups is 1. The van der Waals surface area contributed by atoms with Crippen LogP contribution >= 0.6 is 11.6 Å². The van der Waals surface area contributed by atoms with E-state index in [9.17, 15) is 28.7 Å². The van der Waals surface area contributed by atoms with E-state index in [1.165, 1.54) is 31.3 Å². The van der Waals surface area contributed by atoms with Crippen molar-refractivity contribution in [3.63, 3.8) is 0 Å². The fraction of sp³-hybridized carbons (Fsp3) is 0.262. The van der Waals surface area contributed by atoms with E-state index in [1.807, 2.05) is 30.3 Å². The quantitative estimate of drug-likeness (QED) is 0.138. The molecule has 55 heavy (non-hydrogen) atoms. The zero-order valence-electron chi connectivity index (χ0n) is 29.8. The number of methoxy groups -OCH3 is 2. The molecular formula is C42H33ClFN3O8. The Bertz CT molecular complexity index is 2460. The minimum Gasteiger partial charge on any atom is -0.502 e. The molecule has 4 amide bonds. The number of allylic oxidation sites excluding steroid dienone is 2. The van der Waals surface area contributed by atoms with Crippen LogP contribution in [0.15, 0.2) is 94.9 Å². The fourth-order valence-electron chi connectivity index (χ4n) is 9.35. The molecule has 4 aromatic carbocycles. The van der Waals surface area contributed by atoms with E-state index in [0.29, 0.717) is 33.8 Å². The van der Waals surface area contributed by atoms with Crippen LogP contribution in [0.25, 0.3) is 22.6 Å². The Morgan fingerprint density at radius 1 is 0.873 bits per heavy atom. The number of anilines is 2. The third kappa shape index (κ3) is 4.96. The molecule has 13 heteroatoms. The van der Waals surface area contributed by atoms with Crippen molar-refractivity contribution in [2.45, 2.75) is 25.7 Å². The Labute approximate surface area is 318 Å². The lowest BCUT2D eigenvalue weighted by Crippen LogP contribution is -2.48. The third-order valence-electron chi connectivity index (χ3n) is 11.9. The first-order chi connectivity index (χ1) is 26.5. The van der Waals surface area contributed by atoms with Crippen molar-refractivity contribution in [3.05, 3.63) is 107 Å². The van der Waals surface area contributed by atoms with Crippen molar-refractivity contribution in [3.8, 4) is 28.7 Å². The average Bonchev–Trinajstić information content (AvgIpc) is 3.79. The molecule has 2 aliphatic heterocycles. The van der Waals surface area contributed by atoms with Gasteiger partial charge in [-0.1, -0.05) is 35.4 Å². The molecule has 3 heterocycles. The molecule has 2 saturated heterocycles. The number of ether oxygens (including phenoxy) is 2. The predicted molar refractivity (Wildman–Crippen MR) is 199 cm³/mol. The van der Waals surface area contributed by atoms with Crippen LogP contribution in [-0.2, 0) is 19.2 Å². The summed E-state index contributed by atoms with van der Waals surface area (Å²) in [5, 5.41) is 10.6. The van der Waals surface area contributed by atoms with Gasteiger partial charge in [0.1, 0.15) is 11.3 Å². The Morgan fingerprint density at radius 2 is 1.56 bits per heavy atom. The van der Waals surface area contributed by atoms with Gasteiger partial charge in [-0.25, -0.2) is 14.3 Å². The van der Waals surface area contributed by atoms with Crippen molar-refractivity contribution in [1.29, 1.82) is 0 Å². The van der Waals surface area contributed by atoms with E-state index in [-0.39, 0.29) is 46.7 Å². The minimum absolute atomic E-state index is 0.0874.